The second-order valence-electron chi connectivity index (χ2n) is 3.42. The van der Waals surface area contributed by atoms with Gasteiger partial charge in [0.05, 0.1) is 0 Å². The van der Waals surface area contributed by atoms with E-state index in [2.05, 4.69) is 7.15 Å². The van der Waals surface area contributed by atoms with Crippen molar-refractivity contribution in [3.63, 3.8) is 0 Å². The zero-order chi connectivity index (χ0) is 13.8. The van der Waals surface area contributed by atoms with Gasteiger partial charge in [0.1, 0.15) is 0 Å². The van der Waals surface area contributed by atoms with Crippen LogP contribution in [0.4, 0.5) is 0 Å². The molecule has 0 heterocycles. The Morgan fingerprint density at radius 1 is 1.21 bits per heavy atom. The molecule has 0 aliphatic rings. The molecule has 1 aromatic carbocycles. The van der Waals surface area contributed by atoms with Gasteiger partial charge in [-0.05, 0) is 0 Å². The second-order valence-corrected chi connectivity index (χ2v) is 8.14. The molecule has 0 aliphatic heterocycles. The van der Waals surface area contributed by atoms with Crippen molar-refractivity contribution in [3.05, 3.63) is 35.9 Å². The van der Waals surface area contributed by atoms with E-state index in [0.717, 1.165) is 0 Å². The van der Waals surface area contributed by atoms with Crippen LogP contribution in [0.1, 0.15) is 18.1 Å². The summed E-state index contributed by atoms with van der Waals surface area (Å²) in [6.45, 7) is 1.43. The van der Waals surface area contributed by atoms with Crippen LogP contribution in [0.15, 0.2) is 30.3 Å². The van der Waals surface area contributed by atoms with Crippen molar-refractivity contribution in [2.75, 3.05) is 0 Å². The molecule has 0 saturated carbocycles. The Labute approximate surface area is 116 Å². The number of phosphoric acid groups is 1. The Balaban J connectivity index is 0.00000324. The number of rotatable bonds is 6. The summed E-state index contributed by atoms with van der Waals surface area (Å²) < 4.78 is 30.6. The third kappa shape index (κ3) is 6.80. The third-order valence-corrected chi connectivity index (χ3v) is 6.34. The molecule has 0 amide bonds. The van der Waals surface area contributed by atoms with Gasteiger partial charge in [-0.25, -0.2) is 0 Å². The molecular weight excluding hydrogens is 313 g/mol. The first-order valence-electron chi connectivity index (χ1n) is 4.82. The zero-order valence-electron chi connectivity index (χ0n) is 9.87. The first-order valence-corrected chi connectivity index (χ1v) is 8.90. The van der Waals surface area contributed by atoms with Crippen molar-refractivity contribution in [1.82, 2.24) is 0 Å². The van der Waals surface area contributed by atoms with Crippen molar-refractivity contribution in [3.8, 4) is 0 Å². The molecule has 0 aromatic heterocycles. The molecule has 2 atom stereocenters. The van der Waals surface area contributed by atoms with Gasteiger partial charge in [0.25, 0.3) is 0 Å². The van der Waals surface area contributed by atoms with Crippen molar-refractivity contribution in [2.45, 2.75) is 12.6 Å². The second kappa shape index (κ2) is 7.67. The molecule has 8 nitrogen and oxygen atoms in total. The van der Waals surface area contributed by atoms with E-state index in [-0.39, 0.29) is 5.48 Å². The summed E-state index contributed by atoms with van der Waals surface area (Å²) in [7, 11) is -8.97. The van der Waals surface area contributed by atoms with Crippen LogP contribution >= 0.6 is 15.4 Å². The Morgan fingerprint density at radius 3 is 2.21 bits per heavy atom. The van der Waals surface area contributed by atoms with Crippen LogP contribution in [0.5, 0.6) is 0 Å². The predicted molar refractivity (Wildman–Crippen MR) is 66.0 cm³/mol. The van der Waals surface area contributed by atoms with Gasteiger partial charge < -0.3 is 5.48 Å². The fourth-order valence-electron chi connectivity index (χ4n) is 1.14. The van der Waals surface area contributed by atoms with Crippen LogP contribution in [0.25, 0.3) is 0 Å². The SMILES string of the molecule is CC(c1ccccc1)P(=O)([O-])[O][Al+][O]P(=O)(O)O.O. The summed E-state index contributed by atoms with van der Waals surface area (Å²) >= 11 is -1.77. The first kappa shape index (κ1) is 19.0. The van der Waals surface area contributed by atoms with E-state index in [0.29, 0.717) is 5.56 Å². The van der Waals surface area contributed by atoms with Crippen molar-refractivity contribution < 1.29 is 36.4 Å². The molecule has 0 radical (unpaired) electrons. The normalized spacial score (nSPS) is 15.8. The maximum atomic E-state index is 11.7. The van der Waals surface area contributed by atoms with Crippen LogP contribution in [0, 0.1) is 0 Å². The fraction of sp³-hybridized carbons (Fsp3) is 0.250. The van der Waals surface area contributed by atoms with E-state index in [9.17, 15) is 14.0 Å². The van der Waals surface area contributed by atoms with Crippen LogP contribution < -0.4 is 4.89 Å². The Kier molecular flexibility index (Phi) is 7.66. The van der Waals surface area contributed by atoms with Crippen molar-refractivity contribution in [1.29, 1.82) is 0 Å². The van der Waals surface area contributed by atoms with Gasteiger partial charge in [-0.15, -0.1) is 0 Å². The largest absolute Gasteiger partial charge is 0.412 e. The Morgan fingerprint density at radius 2 is 1.74 bits per heavy atom. The molecule has 2 unspecified atom stereocenters. The molecule has 19 heavy (non-hydrogen) atoms. The summed E-state index contributed by atoms with van der Waals surface area (Å²) in [5.41, 5.74) is -0.377. The molecule has 0 fully saturated rings. The summed E-state index contributed by atoms with van der Waals surface area (Å²) in [4.78, 5) is 28.5. The van der Waals surface area contributed by atoms with Crippen LogP contribution in [-0.4, -0.2) is 31.1 Å². The van der Waals surface area contributed by atoms with Gasteiger partial charge in [0.15, 0.2) is 0 Å². The molecule has 0 aliphatic carbocycles. The molecule has 0 spiro atoms. The topological polar surface area (TPSA) is 148 Å². The minimum atomic E-state index is -4.70. The van der Waals surface area contributed by atoms with Gasteiger partial charge in [-0.3, -0.25) is 0 Å². The van der Waals surface area contributed by atoms with Gasteiger partial charge in [0, 0.05) is 0 Å². The molecule has 1 rings (SSSR count). The number of hydrogen-bond acceptors (Lipinski definition) is 5. The molecule has 106 valence electrons. The monoisotopic (exact) mass is 326 g/mol. The average Bonchev–Trinajstić information content (AvgIpc) is 2.27. The van der Waals surface area contributed by atoms with Crippen molar-refractivity contribution in [2.24, 2.45) is 0 Å². The molecular formula is C8H13AlO8P2. The van der Waals surface area contributed by atoms with E-state index in [1.165, 1.54) is 6.92 Å². The summed E-state index contributed by atoms with van der Waals surface area (Å²) in [6.07, 6.45) is 0. The predicted octanol–water partition coefficient (Wildman–Crippen LogP) is 0.136. The average molecular weight is 326 g/mol. The van der Waals surface area contributed by atoms with Gasteiger partial charge >= 0.3 is 111 Å². The van der Waals surface area contributed by atoms with E-state index >= 15 is 0 Å². The smallest absolute Gasteiger partial charge is 0.412 e. The van der Waals surface area contributed by atoms with E-state index in [1.54, 1.807) is 30.3 Å². The molecule has 0 bridgehead atoms. The fourth-order valence-corrected chi connectivity index (χ4v) is 3.84. The van der Waals surface area contributed by atoms with Crippen molar-refractivity contribution >= 4 is 31.3 Å². The maximum Gasteiger partial charge on any atom is -0.412 e. The van der Waals surface area contributed by atoms with Gasteiger partial charge in [-0.1, -0.05) is 0 Å². The number of hydrogen-bond donors (Lipinski definition) is 2. The van der Waals surface area contributed by atoms with E-state index in [1.807, 2.05) is 0 Å². The standard InChI is InChI=1S/C8H11O3P.Al.H3O4P.H2O/c1-7(12(9,10)11)8-5-3-2-4-6-8;;1-5(2,3)4;/h2-7H,1H3,(H2,9,10,11);;(H3,1,2,3,4);1H2/q;+3;;/p-3. The number of benzene rings is 1. The molecule has 0 saturated heterocycles. The summed E-state index contributed by atoms with van der Waals surface area (Å²) in [6, 6.07) is 8.36. The van der Waals surface area contributed by atoms with E-state index in [4.69, 9.17) is 9.79 Å². The van der Waals surface area contributed by atoms with Crippen LogP contribution in [-0.2, 0) is 16.3 Å². The minimum absolute atomic E-state index is 0. The minimum Gasteiger partial charge on any atom is -0.412 e. The Bertz CT molecular complexity index is 475. The van der Waals surface area contributed by atoms with E-state index < -0.39 is 37.0 Å². The van der Waals surface area contributed by atoms with Crippen LogP contribution in [0.2, 0.25) is 0 Å². The summed E-state index contributed by atoms with van der Waals surface area (Å²) in [5.74, 6) is 0. The molecule has 1 aromatic rings. The summed E-state index contributed by atoms with van der Waals surface area (Å²) in [5, 5.41) is 0. The third-order valence-electron chi connectivity index (χ3n) is 2.13. The molecule has 4 N–H and O–H groups in total. The maximum absolute atomic E-state index is 11.7. The van der Waals surface area contributed by atoms with Crippen LogP contribution in [0.3, 0.4) is 0 Å². The van der Waals surface area contributed by atoms with Gasteiger partial charge in [-0.2, -0.15) is 0 Å². The van der Waals surface area contributed by atoms with Gasteiger partial charge in [0.2, 0.25) is 0 Å². The zero-order valence-corrected chi connectivity index (χ0v) is 12.8. The molecule has 11 heteroatoms. The quantitative estimate of drug-likeness (QED) is 0.558. The Hall–Kier alpha value is -0.0275. The first-order chi connectivity index (χ1) is 8.22.